The van der Waals surface area contributed by atoms with Crippen molar-refractivity contribution in [1.29, 1.82) is 0 Å². The molecule has 0 radical (unpaired) electrons. The van der Waals surface area contributed by atoms with Gasteiger partial charge in [-0.15, -0.1) is 0 Å². The normalized spacial score (nSPS) is 13.1. The molecular formula is C22H25N3O5. The van der Waals surface area contributed by atoms with Crippen LogP contribution in [-0.4, -0.2) is 45.0 Å². The third-order valence-electron chi connectivity index (χ3n) is 4.89. The van der Waals surface area contributed by atoms with Gasteiger partial charge in [0.25, 0.3) is 5.91 Å². The summed E-state index contributed by atoms with van der Waals surface area (Å²) in [7, 11) is 3.12. The molecule has 2 N–H and O–H groups in total. The molecule has 0 atom stereocenters. The zero-order valence-electron chi connectivity index (χ0n) is 17.1. The van der Waals surface area contributed by atoms with Gasteiger partial charge in [0.2, 0.25) is 11.8 Å². The van der Waals surface area contributed by atoms with Crippen molar-refractivity contribution in [2.75, 3.05) is 32.2 Å². The first kappa shape index (κ1) is 21.2. The zero-order valence-corrected chi connectivity index (χ0v) is 17.1. The number of ether oxygens (including phenoxy) is 2. The SMILES string of the molecule is COc1ccc(OC)c(CNC(=O)CNC(=O)c2ccc(N3CCCC3=O)cc2)c1. The predicted octanol–water partition coefficient (Wildman–Crippen LogP) is 1.88. The van der Waals surface area contributed by atoms with Crippen LogP contribution in [0.4, 0.5) is 5.69 Å². The van der Waals surface area contributed by atoms with Gasteiger partial charge in [-0.1, -0.05) is 0 Å². The van der Waals surface area contributed by atoms with E-state index in [9.17, 15) is 14.4 Å². The van der Waals surface area contributed by atoms with Crippen LogP contribution in [0.1, 0.15) is 28.8 Å². The monoisotopic (exact) mass is 411 g/mol. The maximum Gasteiger partial charge on any atom is 0.251 e. The summed E-state index contributed by atoms with van der Waals surface area (Å²) in [5, 5.41) is 5.35. The van der Waals surface area contributed by atoms with Crippen LogP contribution in [0.5, 0.6) is 11.5 Å². The van der Waals surface area contributed by atoms with E-state index in [0.29, 0.717) is 30.0 Å². The second-order valence-electron chi connectivity index (χ2n) is 6.83. The number of carbonyl (C=O) groups is 3. The molecule has 8 nitrogen and oxygen atoms in total. The van der Waals surface area contributed by atoms with E-state index in [1.165, 1.54) is 0 Å². The lowest BCUT2D eigenvalue weighted by Gasteiger charge is -2.15. The Bertz CT molecular complexity index is 927. The molecule has 2 aromatic rings. The molecule has 1 saturated heterocycles. The number of methoxy groups -OCH3 is 2. The quantitative estimate of drug-likeness (QED) is 0.691. The van der Waals surface area contributed by atoms with Gasteiger partial charge in [0.05, 0.1) is 20.8 Å². The highest BCUT2D eigenvalue weighted by Gasteiger charge is 2.21. The van der Waals surface area contributed by atoms with Crippen LogP contribution >= 0.6 is 0 Å². The second kappa shape index (κ2) is 9.78. The van der Waals surface area contributed by atoms with Crippen molar-refractivity contribution in [2.45, 2.75) is 19.4 Å². The summed E-state index contributed by atoms with van der Waals surface area (Å²) in [4.78, 5) is 37.9. The van der Waals surface area contributed by atoms with Crippen molar-refractivity contribution < 1.29 is 23.9 Å². The van der Waals surface area contributed by atoms with Gasteiger partial charge in [-0.25, -0.2) is 0 Å². The minimum Gasteiger partial charge on any atom is -0.497 e. The van der Waals surface area contributed by atoms with Gasteiger partial charge in [0.15, 0.2) is 0 Å². The molecule has 3 amide bonds. The average molecular weight is 411 g/mol. The summed E-state index contributed by atoms with van der Waals surface area (Å²) >= 11 is 0. The number of hydrogen-bond acceptors (Lipinski definition) is 5. The van der Waals surface area contributed by atoms with Crippen LogP contribution in [0.2, 0.25) is 0 Å². The van der Waals surface area contributed by atoms with E-state index < -0.39 is 0 Å². The van der Waals surface area contributed by atoms with Crippen molar-refractivity contribution in [2.24, 2.45) is 0 Å². The number of rotatable bonds is 8. The highest BCUT2D eigenvalue weighted by atomic mass is 16.5. The molecule has 1 aliphatic heterocycles. The first-order chi connectivity index (χ1) is 14.5. The Balaban J connectivity index is 1.50. The summed E-state index contributed by atoms with van der Waals surface area (Å²) in [6.07, 6.45) is 1.40. The summed E-state index contributed by atoms with van der Waals surface area (Å²) < 4.78 is 10.5. The molecule has 1 fully saturated rings. The van der Waals surface area contributed by atoms with Crippen LogP contribution in [0, 0.1) is 0 Å². The number of nitrogens with one attached hydrogen (secondary N) is 2. The molecule has 0 aliphatic carbocycles. The Morgan fingerprint density at radius 1 is 1.03 bits per heavy atom. The Hall–Kier alpha value is -3.55. The lowest BCUT2D eigenvalue weighted by atomic mass is 10.2. The van der Waals surface area contributed by atoms with Crippen molar-refractivity contribution in [3.8, 4) is 11.5 Å². The standard InChI is InChI=1S/C22H25N3O5/c1-29-18-9-10-19(30-2)16(12-18)13-23-20(26)14-24-22(28)15-5-7-17(8-6-15)25-11-3-4-21(25)27/h5-10,12H,3-4,11,13-14H2,1-2H3,(H,23,26)(H,24,28). The van der Waals surface area contributed by atoms with Crippen molar-refractivity contribution in [3.63, 3.8) is 0 Å². The number of nitrogens with zero attached hydrogens (tertiary/aromatic N) is 1. The highest BCUT2D eigenvalue weighted by Crippen LogP contribution is 2.24. The minimum atomic E-state index is -0.358. The third kappa shape index (κ3) is 5.08. The fourth-order valence-electron chi connectivity index (χ4n) is 3.25. The smallest absolute Gasteiger partial charge is 0.251 e. The van der Waals surface area contributed by atoms with E-state index >= 15 is 0 Å². The van der Waals surface area contributed by atoms with Crippen LogP contribution in [0.25, 0.3) is 0 Å². The van der Waals surface area contributed by atoms with E-state index in [1.54, 1.807) is 61.6 Å². The van der Waals surface area contributed by atoms with E-state index in [4.69, 9.17) is 9.47 Å². The molecule has 0 spiro atoms. The Morgan fingerprint density at radius 3 is 2.43 bits per heavy atom. The summed E-state index contributed by atoms with van der Waals surface area (Å²) in [5.74, 6) is 0.705. The van der Waals surface area contributed by atoms with E-state index in [2.05, 4.69) is 10.6 Å². The van der Waals surface area contributed by atoms with Crippen LogP contribution in [-0.2, 0) is 16.1 Å². The van der Waals surface area contributed by atoms with E-state index in [1.807, 2.05) is 0 Å². The van der Waals surface area contributed by atoms with E-state index in [0.717, 1.165) is 17.7 Å². The topological polar surface area (TPSA) is 97.0 Å². The maximum absolute atomic E-state index is 12.3. The Kier molecular flexibility index (Phi) is 6.90. The number of anilines is 1. The predicted molar refractivity (Wildman–Crippen MR) is 112 cm³/mol. The molecule has 2 aromatic carbocycles. The molecule has 3 rings (SSSR count). The minimum absolute atomic E-state index is 0.0940. The number of amides is 3. The lowest BCUT2D eigenvalue weighted by Crippen LogP contribution is -2.36. The molecular weight excluding hydrogens is 386 g/mol. The first-order valence-electron chi connectivity index (χ1n) is 9.68. The molecule has 0 bridgehead atoms. The molecule has 1 heterocycles. The molecule has 8 heteroatoms. The molecule has 158 valence electrons. The fraction of sp³-hybridized carbons (Fsp3) is 0.318. The highest BCUT2D eigenvalue weighted by molar-refractivity contribution is 5.98. The summed E-state index contributed by atoms with van der Waals surface area (Å²) in [6.45, 7) is 0.785. The lowest BCUT2D eigenvalue weighted by molar-refractivity contribution is -0.120. The molecule has 0 unspecified atom stereocenters. The second-order valence-corrected chi connectivity index (χ2v) is 6.83. The molecule has 0 aromatic heterocycles. The van der Waals surface area contributed by atoms with Crippen molar-refractivity contribution >= 4 is 23.4 Å². The summed E-state index contributed by atoms with van der Waals surface area (Å²) in [5.41, 5.74) is 1.97. The number of benzene rings is 2. The first-order valence-corrected chi connectivity index (χ1v) is 9.68. The zero-order chi connectivity index (χ0) is 21.5. The Morgan fingerprint density at radius 2 is 1.80 bits per heavy atom. The van der Waals surface area contributed by atoms with Crippen LogP contribution in [0.3, 0.4) is 0 Å². The Labute approximate surface area is 175 Å². The number of hydrogen-bond donors (Lipinski definition) is 2. The van der Waals surface area contributed by atoms with Gasteiger partial charge in [-0.3, -0.25) is 14.4 Å². The fourth-order valence-corrected chi connectivity index (χ4v) is 3.25. The van der Waals surface area contributed by atoms with Gasteiger partial charge in [0.1, 0.15) is 11.5 Å². The largest absolute Gasteiger partial charge is 0.497 e. The molecule has 1 aliphatic rings. The molecule has 30 heavy (non-hydrogen) atoms. The van der Waals surface area contributed by atoms with Gasteiger partial charge in [0, 0.05) is 36.3 Å². The van der Waals surface area contributed by atoms with Crippen molar-refractivity contribution in [3.05, 3.63) is 53.6 Å². The van der Waals surface area contributed by atoms with Gasteiger partial charge in [-0.05, 0) is 48.9 Å². The maximum atomic E-state index is 12.3. The van der Waals surface area contributed by atoms with E-state index in [-0.39, 0.29) is 30.8 Å². The third-order valence-corrected chi connectivity index (χ3v) is 4.89. The number of carbonyl (C=O) groups excluding carboxylic acids is 3. The van der Waals surface area contributed by atoms with Crippen molar-refractivity contribution in [1.82, 2.24) is 10.6 Å². The summed E-state index contributed by atoms with van der Waals surface area (Å²) in [6, 6.07) is 12.1. The van der Waals surface area contributed by atoms with Gasteiger partial charge < -0.3 is 25.0 Å². The van der Waals surface area contributed by atoms with Crippen LogP contribution in [0.15, 0.2) is 42.5 Å². The van der Waals surface area contributed by atoms with Crippen LogP contribution < -0.4 is 25.0 Å². The molecule has 0 saturated carbocycles. The van der Waals surface area contributed by atoms with Gasteiger partial charge >= 0.3 is 0 Å². The van der Waals surface area contributed by atoms with Gasteiger partial charge in [-0.2, -0.15) is 0 Å². The average Bonchev–Trinajstić information content (AvgIpc) is 3.21.